The number of ether oxygens (including phenoxy) is 2. The SMILES string of the molecule is CC(F)(F)C1COCOC1. The molecule has 1 rings (SSSR count). The lowest BCUT2D eigenvalue weighted by atomic mass is 10.1. The Bertz CT molecular complexity index is 105. The van der Waals surface area contributed by atoms with Crippen LogP contribution in [0.1, 0.15) is 6.92 Å². The van der Waals surface area contributed by atoms with E-state index in [-0.39, 0.29) is 20.0 Å². The predicted octanol–water partition coefficient (Wildman–Crippen LogP) is 1.26. The molecule has 0 radical (unpaired) electrons. The summed E-state index contributed by atoms with van der Waals surface area (Å²) < 4.78 is 34.3. The fourth-order valence-corrected chi connectivity index (χ4v) is 0.780. The molecule has 0 unspecified atom stereocenters. The van der Waals surface area contributed by atoms with Crippen LogP contribution in [0.5, 0.6) is 0 Å². The molecule has 0 aromatic carbocycles. The van der Waals surface area contributed by atoms with E-state index in [0.29, 0.717) is 0 Å². The molecule has 0 bridgehead atoms. The molecule has 0 saturated carbocycles. The van der Waals surface area contributed by atoms with Gasteiger partial charge < -0.3 is 9.47 Å². The highest BCUT2D eigenvalue weighted by molar-refractivity contribution is 4.72. The van der Waals surface area contributed by atoms with Gasteiger partial charge in [-0.25, -0.2) is 8.78 Å². The summed E-state index contributed by atoms with van der Waals surface area (Å²) in [6, 6.07) is 0. The molecule has 1 fully saturated rings. The van der Waals surface area contributed by atoms with E-state index in [0.717, 1.165) is 6.92 Å². The molecule has 4 heteroatoms. The molecule has 2 nitrogen and oxygen atoms in total. The van der Waals surface area contributed by atoms with Crippen LogP contribution in [0.4, 0.5) is 8.78 Å². The van der Waals surface area contributed by atoms with Gasteiger partial charge in [-0.2, -0.15) is 0 Å². The first-order chi connectivity index (χ1) is 4.61. The van der Waals surface area contributed by atoms with Crippen molar-refractivity contribution in [2.24, 2.45) is 5.92 Å². The molecule has 0 aromatic heterocycles. The van der Waals surface area contributed by atoms with E-state index < -0.39 is 11.8 Å². The highest BCUT2D eigenvalue weighted by Gasteiger charge is 2.35. The second kappa shape index (κ2) is 2.80. The van der Waals surface area contributed by atoms with Gasteiger partial charge in [-0.15, -0.1) is 0 Å². The molecule has 10 heavy (non-hydrogen) atoms. The Morgan fingerprint density at radius 2 is 1.80 bits per heavy atom. The average molecular weight is 152 g/mol. The molecule has 1 aliphatic heterocycles. The fraction of sp³-hybridized carbons (Fsp3) is 1.00. The summed E-state index contributed by atoms with van der Waals surface area (Å²) in [5.74, 6) is -3.46. The summed E-state index contributed by atoms with van der Waals surface area (Å²) in [4.78, 5) is 0. The lowest BCUT2D eigenvalue weighted by molar-refractivity contribution is -0.183. The summed E-state index contributed by atoms with van der Waals surface area (Å²) in [5, 5.41) is 0. The van der Waals surface area contributed by atoms with Crippen LogP contribution >= 0.6 is 0 Å². The van der Waals surface area contributed by atoms with E-state index in [4.69, 9.17) is 9.47 Å². The van der Waals surface area contributed by atoms with Crippen LogP contribution in [0, 0.1) is 5.92 Å². The molecule has 1 heterocycles. The van der Waals surface area contributed by atoms with Crippen LogP contribution in [0.15, 0.2) is 0 Å². The molecule has 0 spiro atoms. The predicted molar refractivity (Wildman–Crippen MR) is 30.9 cm³/mol. The summed E-state index contributed by atoms with van der Waals surface area (Å²) in [6.45, 7) is 1.23. The monoisotopic (exact) mass is 152 g/mol. The fourth-order valence-electron chi connectivity index (χ4n) is 0.780. The third kappa shape index (κ3) is 1.88. The van der Waals surface area contributed by atoms with Gasteiger partial charge in [0.15, 0.2) is 0 Å². The number of rotatable bonds is 1. The molecule has 0 aromatic rings. The van der Waals surface area contributed by atoms with Gasteiger partial charge in [-0.3, -0.25) is 0 Å². The molecule has 0 N–H and O–H groups in total. The van der Waals surface area contributed by atoms with Crippen molar-refractivity contribution in [1.82, 2.24) is 0 Å². The van der Waals surface area contributed by atoms with Crippen LogP contribution in [-0.4, -0.2) is 25.9 Å². The van der Waals surface area contributed by atoms with Crippen LogP contribution in [0.25, 0.3) is 0 Å². The third-order valence-corrected chi connectivity index (χ3v) is 1.52. The Morgan fingerprint density at radius 1 is 1.30 bits per heavy atom. The summed E-state index contributed by atoms with van der Waals surface area (Å²) in [6.07, 6.45) is 0. The zero-order valence-corrected chi connectivity index (χ0v) is 5.77. The number of halogens is 2. The topological polar surface area (TPSA) is 18.5 Å². The molecular weight excluding hydrogens is 142 g/mol. The first-order valence-electron chi connectivity index (χ1n) is 3.14. The van der Waals surface area contributed by atoms with E-state index >= 15 is 0 Å². The Labute approximate surface area is 58.1 Å². The zero-order valence-electron chi connectivity index (χ0n) is 5.77. The van der Waals surface area contributed by atoms with Crippen molar-refractivity contribution in [3.05, 3.63) is 0 Å². The normalized spacial score (nSPS) is 23.1. The van der Waals surface area contributed by atoms with E-state index in [9.17, 15) is 8.78 Å². The molecule has 1 aliphatic rings. The second-order valence-corrected chi connectivity index (χ2v) is 2.51. The van der Waals surface area contributed by atoms with Gasteiger partial charge in [0, 0.05) is 0 Å². The number of hydrogen-bond donors (Lipinski definition) is 0. The van der Waals surface area contributed by atoms with Crippen molar-refractivity contribution in [3.63, 3.8) is 0 Å². The quantitative estimate of drug-likeness (QED) is 0.563. The highest BCUT2D eigenvalue weighted by Crippen LogP contribution is 2.25. The van der Waals surface area contributed by atoms with E-state index in [1.165, 1.54) is 0 Å². The molecule has 0 atom stereocenters. The molecular formula is C6H10F2O2. The van der Waals surface area contributed by atoms with Crippen LogP contribution in [0.2, 0.25) is 0 Å². The van der Waals surface area contributed by atoms with Crippen LogP contribution < -0.4 is 0 Å². The largest absolute Gasteiger partial charge is 0.355 e. The van der Waals surface area contributed by atoms with E-state index in [2.05, 4.69) is 0 Å². The van der Waals surface area contributed by atoms with Crippen molar-refractivity contribution in [3.8, 4) is 0 Å². The maximum absolute atomic E-state index is 12.4. The Kier molecular flexibility index (Phi) is 2.21. The molecule has 1 saturated heterocycles. The van der Waals surface area contributed by atoms with E-state index in [1.807, 2.05) is 0 Å². The number of hydrogen-bond acceptors (Lipinski definition) is 2. The lowest BCUT2D eigenvalue weighted by Gasteiger charge is -2.26. The summed E-state index contributed by atoms with van der Waals surface area (Å²) >= 11 is 0. The first-order valence-corrected chi connectivity index (χ1v) is 3.14. The number of alkyl halides is 2. The van der Waals surface area contributed by atoms with Gasteiger partial charge in [0.2, 0.25) is 0 Å². The molecule has 0 aliphatic carbocycles. The maximum Gasteiger partial charge on any atom is 0.252 e. The highest BCUT2D eigenvalue weighted by atomic mass is 19.3. The third-order valence-electron chi connectivity index (χ3n) is 1.52. The van der Waals surface area contributed by atoms with Gasteiger partial charge in [0.25, 0.3) is 5.92 Å². The van der Waals surface area contributed by atoms with Crippen LogP contribution in [0.3, 0.4) is 0 Å². The van der Waals surface area contributed by atoms with Gasteiger partial charge in [-0.05, 0) is 6.92 Å². The maximum atomic E-state index is 12.4. The Balaban J connectivity index is 2.39. The first kappa shape index (κ1) is 7.88. The zero-order chi connectivity index (χ0) is 7.61. The Hall–Kier alpha value is -0.220. The summed E-state index contributed by atoms with van der Waals surface area (Å²) in [5.41, 5.74) is 0. The van der Waals surface area contributed by atoms with Crippen molar-refractivity contribution < 1.29 is 18.3 Å². The van der Waals surface area contributed by atoms with Gasteiger partial charge in [0.05, 0.1) is 19.1 Å². The van der Waals surface area contributed by atoms with Crippen molar-refractivity contribution in [2.75, 3.05) is 20.0 Å². The lowest BCUT2D eigenvalue weighted by Crippen LogP contribution is -2.36. The van der Waals surface area contributed by atoms with Gasteiger partial charge in [0.1, 0.15) is 6.79 Å². The standard InChI is InChI=1S/C6H10F2O2/c1-6(7,8)5-2-9-4-10-3-5/h5H,2-4H2,1H3. The summed E-state index contributed by atoms with van der Waals surface area (Å²) in [7, 11) is 0. The molecule has 60 valence electrons. The molecule has 0 amide bonds. The van der Waals surface area contributed by atoms with E-state index in [1.54, 1.807) is 0 Å². The average Bonchev–Trinajstić information content (AvgIpc) is 1.88. The minimum atomic E-state index is -2.68. The van der Waals surface area contributed by atoms with Crippen LogP contribution in [-0.2, 0) is 9.47 Å². The minimum absolute atomic E-state index is 0.101. The van der Waals surface area contributed by atoms with Crippen molar-refractivity contribution >= 4 is 0 Å². The van der Waals surface area contributed by atoms with Gasteiger partial charge >= 0.3 is 0 Å². The van der Waals surface area contributed by atoms with Crippen molar-refractivity contribution in [2.45, 2.75) is 12.8 Å². The Morgan fingerprint density at radius 3 is 2.10 bits per heavy atom. The van der Waals surface area contributed by atoms with Gasteiger partial charge in [-0.1, -0.05) is 0 Å². The minimum Gasteiger partial charge on any atom is -0.355 e. The second-order valence-electron chi connectivity index (χ2n) is 2.51. The smallest absolute Gasteiger partial charge is 0.252 e. The van der Waals surface area contributed by atoms with Crippen molar-refractivity contribution in [1.29, 1.82) is 0 Å².